The molecule has 0 amide bonds. The van der Waals surface area contributed by atoms with Crippen LogP contribution in [-0.2, 0) is 5.92 Å². The first-order chi connectivity index (χ1) is 7.05. The Balaban J connectivity index is 3.19. The Morgan fingerprint density at radius 2 is 1.80 bits per heavy atom. The molecule has 1 rings (SSSR count). The number of rotatable bonds is 4. The van der Waals surface area contributed by atoms with E-state index < -0.39 is 5.92 Å². The molecule has 0 heterocycles. The van der Waals surface area contributed by atoms with Crippen LogP contribution in [0.1, 0.15) is 5.56 Å². The molecule has 0 radical (unpaired) electrons. The van der Waals surface area contributed by atoms with Crippen LogP contribution in [0.25, 0.3) is 0 Å². The first kappa shape index (κ1) is 11.5. The fourth-order valence-electron chi connectivity index (χ4n) is 1.16. The van der Waals surface area contributed by atoms with E-state index in [1.165, 1.54) is 32.4 Å². The summed E-state index contributed by atoms with van der Waals surface area (Å²) in [5, 5.41) is 0. The average molecular weight is 214 g/mol. The maximum absolute atomic E-state index is 13.2. The van der Waals surface area contributed by atoms with E-state index in [9.17, 15) is 8.78 Å². The van der Waals surface area contributed by atoms with Crippen molar-refractivity contribution in [2.45, 2.75) is 5.92 Å². The van der Waals surface area contributed by atoms with Crippen LogP contribution in [0.3, 0.4) is 0 Å². The summed E-state index contributed by atoms with van der Waals surface area (Å²) in [6, 6.07) is 3.95. The zero-order chi connectivity index (χ0) is 11.5. The Labute approximate surface area is 87.1 Å². The van der Waals surface area contributed by atoms with Gasteiger partial charge in [-0.05, 0) is 24.3 Å². The summed E-state index contributed by atoms with van der Waals surface area (Å²) in [5.41, 5.74) is -0.171. The molecule has 0 aliphatic carbocycles. The molecule has 82 valence electrons. The molecule has 0 unspecified atom stereocenters. The molecule has 1 aromatic carbocycles. The first-order valence-electron chi connectivity index (χ1n) is 4.29. The van der Waals surface area contributed by atoms with Gasteiger partial charge in [0.15, 0.2) is 11.5 Å². The minimum Gasteiger partial charge on any atom is -0.493 e. The van der Waals surface area contributed by atoms with Crippen molar-refractivity contribution < 1.29 is 18.3 Å². The Bertz CT molecular complexity index is 362. The van der Waals surface area contributed by atoms with Crippen molar-refractivity contribution in [1.82, 2.24) is 0 Å². The van der Waals surface area contributed by atoms with E-state index in [1.807, 2.05) is 0 Å². The van der Waals surface area contributed by atoms with Gasteiger partial charge >= 0.3 is 0 Å². The smallest absolute Gasteiger partial charge is 0.291 e. The second-order valence-corrected chi connectivity index (χ2v) is 2.90. The lowest BCUT2D eigenvalue weighted by atomic mass is 10.1. The normalized spacial score (nSPS) is 10.9. The van der Waals surface area contributed by atoms with Crippen molar-refractivity contribution >= 4 is 0 Å². The molecular weight excluding hydrogens is 202 g/mol. The minimum atomic E-state index is -3.06. The van der Waals surface area contributed by atoms with Gasteiger partial charge in [0.25, 0.3) is 5.92 Å². The topological polar surface area (TPSA) is 18.5 Å². The van der Waals surface area contributed by atoms with Gasteiger partial charge in [-0.3, -0.25) is 0 Å². The highest BCUT2D eigenvalue weighted by Gasteiger charge is 2.28. The molecule has 0 aliphatic rings. The number of hydrogen-bond acceptors (Lipinski definition) is 2. The van der Waals surface area contributed by atoms with Gasteiger partial charge in [-0.1, -0.05) is 6.58 Å². The van der Waals surface area contributed by atoms with Gasteiger partial charge in [-0.25, -0.2) is 0 Å². The number of methoxy groups -OCH3 is 2. The van der Waals surface area contributed by atoms with Gasteiger partial charge in [0, 0.05) is 5.56 Å². The van der Waals surface area contributed by atoms with Gasteiger partial charge in [0.2, 0.25) is 0 Å². The number of halogens is 2. The van der Waals surface area contributed by atoms with Crippen LogP contribution in [0, 0.1) is 0 Å². The lowest BCUT2D eigenvalue weighted by Gasteiger charge is -2.14. The molecule has 15 heavy (non-hydrogen) atoms. The van der Waals surface area contributed by atoms with Crippen molar-refractivity contribution in [3.63, 3.8) is 0 Å². The number of allylic oxidation sites excluding steroid dienone is 1. The second kappa shape index (κ2) is 4.29. The quantitative estimate of drug-likeness (QED) is 0.717. The fraction of sp³-hybridized carbons (Fsp3) is 0.273. The molecule has 4 heteroatoms. The van der Waals surface area contributed by atoms with Gasteiger partial charge in [-0.15, -0.1) is 0 Å². The van der Waals surface area contributed by atoms with Crippen LogP contribution in [0.5, 0.6) is 11.5 Å². The summed E-state index contributed by atoms with van der Waals surface area (Å²) in [4.78, 5) is 0. The van der Waals surface area contributed by atoms with Crippen molar-refractivity contribution in [2.75, 3.05) is 14.2 Å². The molecule has 0 saturated carbocycles. The Kier molecular flexibility index (Phi) is 3.29. The highest BCUT2D eigenvalue weighted by atomic mass is 19.3. The second-order valence-electron chi connectivity index (χ2n) is 2.90. The van der Waals surface area contributed by atoms with Crippen LogP contribution in [0.2, 0.25) is 0 Å². The molecule has 0 fully saturated rings. The third-order valence-electron chi connectivity index (χ3n) is 2.02. The molecule has 2 nitrogen and oxygen atoms in total. The molecule has 0 spiro atoms. The minimum absolute atomic E-state index is 0.171. The zero-order valence-corrected chi connectivity index (χ0v) is 8.59. The van der Waals surface area contributed by atoms with Crippen LogP contribution in [0.15, 0.2) is 30.9 Å². The van der Waals surface area contributed by atoms with Crippen LogP contribution in [-0.4, -0.2) is 14.2 Å². The lowest BCUT2D eigenvalue weighted by molar-refractivity contribution is 0.0522. The van der Waals surface area contributed by atoms with E-state index in [4.69, 9.17) is 9.47 Å². The van der Waals surface area contributed by atoms with E-state index in [1.54, 1.807) is 0 Å². The van der Waals surface area contributed by atoms with Gasteiger partial charge < -0.3 is 9.47 Å². The third-order valence-corrected chi connectivity index (χ3v) is 2.02. The molecule has 0 aliphatic heterocycles. The van der Waals surface area contributed by atoms with Gasteiger partial charge in [-0.2, -0.15) is 8.78 Å². The van der Waals surface area contributed by atoms with Crippen LogP contribution < -0.4 is 9.47 Å². The summed E-state index contributed by atoms with van der Waals surface area (Å²) in [6.45, 7) is 3.08. The zero-order valence-electron chi connectivity index (χ0n) is 8.59. The molecule has 0 saturated heterocycles. The number of ether oxygens (including phenoxy) is 2. The van der Waals surface area contributed by atoms with Crippen LogP contribution >= 0.6 is 0 Å². The predicted molar refractivity (Wildman–Crippen MR) is 53.6 cm³/mol. The monoisotopic (exact) mass is 214 g/mol. The highest BCUT2D eigenvalue weighted by Crippen LogP contribution is 2.35. The first-order valence-corrected chi connectivity index (χ1v) is 4.29. The SMILES string of the molecule is C=CC(F)(F)c1ccc(OC)c(OC)c1. The number of hydrogen-bond donors (Lipinski definition) is 0. The van der Waals surface area contributed by atoms with E-state index in [-0.39, 0.29) is 11.3 Å². The number of benzene rings is 1. The molecule has 0 atom stereocenters. The Morgan fingerprint density at radius 1 is 1.20 bits per heavy atom. The van der Waals surface area contributed by atoms with Gasteiger partial charge in [0.1, 0.15) is 0 Å². The van der Waals surface area contributed by atoms with E-state index in [2.05, 4.69) is 6.58 Å². The van der Waals surface area contributed by atoms with Crippen molar-refractivity contribution in [3.05, 3.63) is 36.4 Å². The summed E-state index contributed by atoms with van der Waals surface area (Å²) < 4.78 is 36.3. The maximum atomic E-state index is 13.2. The molecule has 0 aromatic heterocycles. The molecular formula is C11H12F2O2. The van der Waals surface area contributed by atoms with E-state index in [0.717, 1.165) is 0 Å². The van der Waals surface area contributed by atoms with E-state index >= 15 is 0 Å². The summed E-state index contributed by atoms with van der Waals surface area (Å²) in [5.74, 6) is -2.36. The average Bonchev–Trinajstić information content (AvgIpc) is 2.28. The summed E-state index contributed by atoms with van der Waals surface area (Å²) in [7, 11) is 2.84. The van der Waals surface area contributed by atoms with Crippen LogP contribution in [0.4, 0.5) is 8.78 Å². The fourth-order valence-corrected chi connectivity index (χ4v) is 1.16. The molecule has 1 aromatic rings. The Morgan fingerprint density at radius 3 is 2.27 bits per heavy atom. The predicted octanol–water partition coefficient (Wildman–Crippen LogP) is 2.98. The standard InChI is InChI=1S/C11H12F2O2/c1-4-11(12,13)8-5-6-9(14-2)10(7-8)15-3/h4-7H,1H2,2-3H3. The van der Waals surface area contributed by atoms with Crippen molar-refractivity contribution in [3.8, 4) is 11.5 Å². The highest BCUT2D eigenvalue weighted by molar-refractivity contribution is 5.44. The third kappa shape index (κ3) is 2.26. The number of alkyl halides is 2. The van der Waals surface area contributed by atoms with Gasteiger partial charge in [0.05, 0.1) is 14.2 Å². The summed E-state index contributed by atoms with van der Waals surface area (Å²) in [6.07, 6.45) is 0.592. The molecule has 0 bridgehead atoms. The van der Waals surface area contributed by atoms with E-state index in [0.29, 0.717) is 11.8 Å². The lowest BCUT2D eigenvalue weighted by Crippen LogP contribution is -2.09. The van der Waals surface area contributed by atoms with Crippen molar-refractivity contribution in [1.29, 1.82) is 0 Å². The summed E-state index contributed by atoms with van der Waals surface area (Å²) >= 11 is 0. The largest absolute Gasteiger partial charge is 0.493 e. The van der Waals surface area contributed by atoms with Crippen molar-refractivity contribution in [2.24, 2.45) is 0 Å². The Hall–Kier alpha value is -1.58. The maximum Gasteiger partial charge on any atom is 0.291 e. The molecule has 0 N–H and O–H groups in total.